The minimum Gasteiger partial charge on any atom is -0.394 e. The number of aliphatic hydroxyl groups excluding tert-OH is 1. The van der Waals surface area contributed by atoms with Crippen LogP contribution in [-0.4, -0.2) is 20.1 Å². The Morgan fingerprint density at radius 2 is 1.86 bits per heavy atom. The van der Waals surface area contributed by atoms with Crippen LogP contribution in [0.2, 0.25) is 0 Å². The second-order valence-corrected chi connectivity index (χ2v) is 6.88. The second kappa shape index (κ2) is 6.65. The molecular formula is C14H13BrFNO3S. The Bertz CT molecular complexity index is 722. The van der Waals surface area contributed by atoms with Crippen LogP contribution < -0.4 is 4.72 Å². The average molecular weight is 374 g/mol. The van der Waals surface area contributed by atoms with Crippen LogP contribution in [0.4, 0.5) is 4.39 Å². The summed E-state index contributed by atoms with van der Waals surface area (Å²) in [6.07, 6.45) is 0. The highest BCUT2D eigenvalue weighted by molar-refractivity contribution is 9.10. The van der Waals surface area contributed by atoms with Crippen molar-refractivity contribution in [1.82, 2.24) is 4.72 Å². The number of sulfonamides is 1. The van der Waals surface area contributed by atoms with E-state index in [1.54, 1.807) is 30.3 Å². The van der Waals surface area contributed by atoms with Crippen molar-refractivity contribution in [3.05, 3.63) is 64.4 Å². The quantitative estimate of drug-likeness (QED) is 0.846. The molecule has 112 valence electrons. The van der Waals surface area contributed by atoms with Gasteiger partial charge in [0, 0.05) is 4.47 Å². The number of benzene rings is 2. The summed E-state index contributed by atoms with van der Waals surface area (Å²) < 4.78 is 40.2. The van der Waals surface area contributed by atoms with Crippen LogP contribution >= 0.6 is 15.9 Å². The molecule has 1 unspecified atom stereocenters. The first-order chi connectivity index (χ1) is 9.94. The first kappa shape index (κ1) is 16.1. The molecule has 0 aliphatic heterocycles. The van der Waals surface area contributed by atoms with Crippen LogP contribution in [0.25, 0.3) is 0 Å². The smallest absolute Gasteiger partial charge is 0.242 e. The van der Waals surface area contributed by atoms with E-state index in [4.69, 9.17) is 0 Å². The van der Waals surface area contributed by atoms with Gasteiger partial charge in [-0.2, -0.15) is 0 Å². The molecule has 0 fully saturated rings. The predicted octanol–water partition coefficient (Wildman–Crippen LogP) is 2.60. The maximum absolute atomic E-state index is 13.0. The molecule has 21 heavy (non-hydrogen) atoms. The first-order valence-corrected chi connectivity index (χ1v) is 8.35. The number of nitrogens with one attached hydrogen (secondary N) is 1. The Kier molecular flexibility index (Phi) is 5.10. The normalized spacial score (nSPS) is 13.1. The standard InChI is InChI=1S/C14H13BrFNO3S/c15-12-8-11(16)6-7-14(12)21(19,20)17-13(9-18)10-4-2-1-3-5-10/h1-8,13,17-18H,9H2. The van der Waals surface area contributed by atoms with Crippen molar-refractivity contribution in [3.63, 3.8) is 0 Å². The van der Waals surface area contributed by atoms with Crippen molar-refractivity contribution in [3.8, 4) is 0 Å². The van der Waals surface area contributed by atoms with Gasteiger partial charge < -0.3 is 5.11 Å². The fourth-order valence-electron chi connectivity index (χ4n) is 1.84. The van der Waals surface area contributed by atoms with Crippen molar-refractivity contribution >= 4 is 26.0 Å². The van der Waals surface area contributed by atoms with Gasteiger partial charge in [-0.1, -0.05) is 30.3 Å². The number of aliphatic hydroxyl groups is 1. The Labute approximate surface area is 130 Å². The molecule has 2 rings (SSSR count). The van der Waals surface area contributed by atoms with E-state index in [0.29, 0.717) is 5.56 Å². The molecule has 0 radical (unpaired) electrons. The molecule has 2 N–H and O–H groups in total. The average Bonchev–Trinajstić information content (AvgIpc) is 2.45. The first-order valence-electron chi connectivity index (χ1n) is 6.07. The molecule has 2 aromatic rings. The molecule has 0 spiro atoms. The monoisotopic (exact) mass is 373 g/mol. The van der Waals surface area contributed by atoms with Gasteiger partial charge in [0.25, 0.3) is 0 Å². The molecule has 0 heterocycles. The van der Waals surface area contributed by atoms with Gasteiger partial charge in [-0.15, -0.1) is 0 Å². The van der Waals surface area contributed by atoms with Gasteiger partial charge in [0.2, 0.25) is 10.0 Å². The van der Waals surface area contributed by atoms with Gasteiger partial charge in [-0.05, 0) is 39.7 Å². The maximum atomic E-state index is 13.0. The summed E-state index contributed by atoms with van der Waals surface area (Å²) in [5, 5.41) is 9.40. The van der Waals surface area contributed by atoms with Gasteiger partial charge in [-0.25, -0.2) is 17.5 Å². The van der Waals surface area contributed by atoms with Crippen LogP contribution in [0.3, 0.4) is 0 Å². The van der Waals surface area contributed by atoms with Crippen LogP contribution in [-0.2, 0) is 10.0 Å². The van der Waals surface area contributed by atoms with Crippen LogP contribution in [0.15, 0.2) is 57.9 Å². The Morgan fingerprint density at radius 3 is 2.43 bits per heavy atom. The van der Waals surface area contributed by atoms with Crippen LogP contribution in [0.5, 0.6) is 0 Å². The SMILES string of the molecule is O=S(=O)(NC(CO)c1ccccc1)c1ccc(F)cc1Br. The lowest BCUT2D eigenvalue weighted by atomic mass is 10.1. The maximum Gasteiger partial charge on any atom is 0.242 e. The van der Waals surface area contributed by atoms with E-state index in [-0.39, 0.29) is 16.0 Å². The highest BCUT2D eigenvalue weighted by atomic mass is 79.9. The summed E-state index contributed by atoms with van der Waals surface area (Å²) in [7, 11) is -3.89. The zero-order valence-electron chi connectivity index (χ0n) is 10.8. The lowest BCUT2D eigenvalue weighted by Crippen LogP contribution is -2.31. The summed E-state index contributed by atoms with van der Waals surface area (Å²) in [6, 6.07) is 11.3. The molecule has 2 aromatic carbocycles. The van der Waals surface area contributed by atoms with Crippen molar-refractivity contribution < 1.29 is 17.9 Å². The van der Waals surface area contributed by atoms with E-state index >= 15 is 0 Å². The van der Waals surface area contributed by atoms with E-state index in [2.05, 4.69) is 20.7 Å². The third kappa shape index (κ3) is 3.88. The molecule has 0 aromatic heterocycles. The number of hydrogen-bond acceptors (Lipinski definition) is 3. The topological polar surface area (TPSA) is 66.4 Å². The van der Waals surface area contributed by atoms with Crippen molar-refractivity contribution in [2.24, 2.45) is 0 Å². The van der Waals surface area contributed by atoms with Gasteiger partial charge >= 0.3 is 0 Å². The van der Waals surface area contributed by atoms with Gasteiger partial charge in [0.05, 0.1) is 17.5 Å². The van der Waals surface area contributed by atoms with E-state index < -0.39 is 21.9 Å². The minimum atomic E-state index is -3.89. The lowest BCUT2D eigenvalue weighted by Gasteiger charge is -2.17. The van der Waals surface area contributed by atoms with Gasteiger partial charge in [0.1, 0.15) is 5.82 Å². The molecule has 0 aliphatic rings. The third-order valence-electron chi connectivity index (χ3n) is 2.87. The summed E-state index contributed by atoms with van der Waals surface area (Å²) in [5.41, 5.74) is 0.641. The summed E-state index contributed by atoms with van der Waals surface area (Å²) in [4.78, 5) is -0.0849. The number of rotatable bonds is 5. The van der Waals surface area contributed by atoms with Crippen molar-refractivity contribution in [1.29, 1.82) is 0 Å². The summed E-state index contributed by atoms with van der Waals surface area (Å²) in [6.45, 7) is -0.387. The van der Waals surface area contributed by atoms with Crippen LogP contribution in [0.1, 0.15) is 11.6 Å². The highest BCUT2D eigenvalue weighted by Crippen LogP contribution is 2.24. The van der Waals surface area contributed by atoms with E-state index in [1.165, 1.54) is 6.07 Å². The molecule has 7 heteroatoms. The van der Waals surface area contributed by atoms with Crippen molar-refractivity contribution in [2.45, 2.75) is 10.9 Å². The predicted molar refractivity (Wildman–Crippen MR) is 80.7 cm³/mol. The lowest BCUT2D eigenvalue weighted by molar-refractivity contribution is 0.259. The zero-order chi connectivity index (χ0) is 15.5. The second-order valence-electron chi connectivity index (χ2n) is 4.34. The molecule has 0 saturated heterocycles. The van der Waals surface area contributed by atoms with Crippen molar-refractivity contribution in [2.75, 3.05) is 6.61 Å². The Hall–Kier alpha value is -1.28. The van der Waals surface area contributed by atoms with Crippen LogP contribution in [0, 0.1) is 5.82 Å². The van der Waals surface area contributed by atoms with E-state index in [0.717, 1.165) is 12.1 Å². The molecule has 0 bridgehead atoms. The molecule has 0 aliphatic carbocycles. The highest BCUT2D eigenvalue weighted by Gasteiger charge is 2.23. The summed E-state index contributed by atoms with van der Waals surface area (Å²) in [5.74, 6) is -0.539. The largest absolute Gasteiger partial charge is 0.394 e. The van der Waals surface area contributed by atoms with Gasteiger partial charge in [0.15, 0.2) is 0 Å². The minimum absolute atomic E-state index is 0.0849. The molecule has 0 saturated carbocycles. The fourth-order valence-corrected chi connectivity index (χ4v) is 4.11. The molecule has 1 atom stereocenters. The number of hydrogen-bond donors (Lipinski definition) is 2. The summed E-state index contributed by atoms with van der Waals surface area (Å²) >= 11 is 3.03. The molecular weight excluding hydrogens is 361 g/mol. The van der Waals surface area contributed by atoms with Gasteiger partial charge in [-0.3, -0.25) is 0 Å². The Morgan fingerprint density at radius 1 is 1.19 bits per heavy atom. The van der Waals surface area contributed by atoms with E-state index in [1.807, 2.05) is 0 Å². The fraction of sp³-hybridized carbons (Fsp3) is 0.143. The zero-order valence-corrected chi connectivity index (χ0v) is 13.2. The molecule has 4 nitrogen and oxygen atoms in total. The molecule has 0 amide bonds. The van der Waals surface area contributed by atoms with E-state index in [9.17, 15) is 17.9 Å². The Balaban J connectivity index is 2.32. The number of halogens is 2. The third-order valence-corrected chi connectivity index (χ3v) is 5.31.